The average Bonchev–Trinajstić information content (AvgIpc) is 3.55. The van der Waals surface area contributed by atoms with Gasteiger partial charge in [0.05, 0.1) is 23.0 Å². The summed E-state index contributed by atoms with van der Waals surface area (Å²) in [5, 5.41) is 18.9. The number of rotatable bonds is 11. The minimum Gasteiger partial charge on any atom is -0.481 e. The highest BCUT2D eigenvalue weighted by molar-refractivity contribution is 6.21. The Morgan fingerprint density at radius 3 is 1.82 bits per heavy atom. The zero-order valence-corrected chi connectivity index (χ0v) is 32.0. The lowest BCUT2D eigenvalue weighted by atomic mass is 9.76. The standard InChI is InChI=1S/C48H44N2O5/c1-30(46-48(4,5)43-37-19-11-7-15-33(37)35-17-9-13-21-39(35)45(43)50(46)25-24-41(53)54)28-31(52)22-23-40-47(2,3)42-36-18-10-6-14-32(36)34-16-8-12-20-38(34)44(42)49(40)26-27-55-29-51/h6-21,23,28-29H,22,24-27H2,1-5H3/p+1/b30-28+,40-23?. The summed E-state index contributed by atoms with van der Waals surface area (Å²) in [7, 11) is 0. The number of carboxylic acid groups (broad SMARTS) is 1. The van der Waals surface area contributed by atoms with Gasteiger partial charge in [-0.15, -0.1) is 0 Å². The van der Waals surface area contributed by atoms with Crippen molar-refractivity contribution in [2.45, 2.75) is 58.3 Å². The lowest BCUT2D eigenvalue weighted by molar-refractivity contribution is -0.435. The number of carboxylic acids is 1. The summed E-state index contributed by atoms with van der Waals surface area (Å²) < 4.78 is 7.39. The zero-order valence-electron chi connectivity index (χ0n) is 32.0. The molecule has 2 aliphatic rings. The van der Waals surface area contributed by atoms with E-state index in [2.05, 4.69) is 122 Å². The number of benzene rings is 6. The second kappa shape index (κ2) is 13.6. The number of ether oxygens (including phenoxy) is 1. The first-order valence-corrected chi connectivity index (χ1v) is 19.0. The zero-order chi connectivity index (χ0) is 38.6. The van der Waals surface area contributed by atoms with Crippen molar-refractivity contribution in [1.82, 2.24) is 0 Å². The van der Waals surface area contributed by atoms with Gasteiger partial charge in [0.2, 0.25) is 5.69 Å². The third-order valence-corrected chi connectivity index (χ3v) is 11.7. The SMILES string of the molecule is C/C(=C\C(=O)CC=C1N(CCOC=O)c2c(c3ccccc3c3ccccc23)C1(C)C)C1=[N+](CCC(=O)O)c2c(c3ccccc3c3ccccc23)C1(C)C. The van der Waals surface area contributed by atoms with Crippen molar-refractivity contribution in [2.24, 2.45) is 0 Å². The Hall–Kier alpha value is -6.08. The van der Waals surface area contributed by atoms with Gasteiger partial charge in [-0.05, 0) is 70.8 Å². The van der Waals surface area contributed by atoms with Crippen molar-refractivity contribution in [3.63, 3.8) is 0 Å². The second-order valence-corrected chi connectivity index (χ2v) is 15.7. The molecule has 0 spiro atoms. The number of allylic oxidation sites excluding steroid dienone is 4. The molecule has 276 valence electrons. The lowest BCUT2D eigenvalue weighted by Gasteiger charge is -2.27. The third-order valence-electron chi connectivity index (χ3n) is 11.7. The summed E-state index contributed by atoms with van der Waals surface area (Å²) in [6, 6.07) is 33.6. The smallest absolute Gasteiger partial charge is 0.309 e. The van der Waals surface area contributed by atoms with Gasteiger partial charge in [0.15, 0.2) is 18.0 Å². The minimum absolute atomic E-state index is 0.0455. The van der Waals surface area contributed by atoms with Crippen LogP contribution in [0.4, 0.5) is 11.4 Å². The average molecular weight is 730 g/mol. The summed E-state index contributed by atoms with van der Waals surface area (Å²) in [5.74, 6) is -0.924. The highest BCUT2D eigenvalue weighted by Crippen LogP contribution is 2.54. The topological polar surface area (TPSA) is 86.9 Å². The summed E-state index contributed by atoms with van der Waals surface area (Å²) in [6.45, 7) is 12.1. The highest BCUT2D eigenvalue weighted by Gasteiger charge is 2.49. The van der Waals surface area contributed by atoms with Gasteiger partial charge >= 0.3 is 5.97 Å². The number of carbonyl (C=O) groups is 3. The summed E-state index contributed by atoms with van der Waals surface area (Å²) in [4.78, 5) is 39.7. The molecule has 7 nitrogen and oxygen atoms in total. The number of aliphatic carboxylic acids is 1. The van der Waals surface area contributed by atoms with E-state index >= 15 is 0 Å². The van der Waals surface area contributed by atoms with Crippen LogP contribution in [0, 0.1) is 0 Å². The van der Waals surface area contributed by atoms with Crippen LogP contribution in [0.3, 0.4) is 0 Å². The predicted molar refractivity (Wildman–Crippen MR) is 222 cm³/mol. The number of hydrogen-bond donors (Lipinski definition) is 1. The molecule has 0 fully saturated rings. The van der Waals surface area contributed by atoms with E-state index < -0.39 is 16.8 Å². The fourth-order valence-corrected chi connectivity index (χ4v) is 9.72. The molecule has 0 radical (unpaired) electrons. The van der Waals surface area contributed by atoms with Gasteiger partial charge in [-0.3, -0.25) is 14.4 Å². The van der Waals surface area contributed by atoms with Crippen molar-refractivity contribution >= 4 is 78.4 Å². The summed E-state index contributed by atoms with van der Waals surface area (Å²) >= 11 is 0. The van der Waals surface area contributed by atoms with Crippen molar-refractivity contribution in [1.29, 1.82) is 0 Å². The highest BCUT2D eigenvalue weighted by atomic mass is 16.5. The number of carbonyl (C=O) groups excluding carboxylic acids is 2. The first-order valence-electron chi connectivity index (χ1n) is 19.0. The van der Waals surface area contributed by atoms with Crippen LogP contribution in [0.15, 0.2) is 120 Å². The van der Waals surface area contributed by atoms with Crippen molar-refractivity contribution in [3.8, 4) is 0 Å². The summed E-state index contributed by atoms with van der Waals surface area (Å²) in [6.07, 6.45) is 3.89. The fourth-order valence-electron chi connectivity index (χ4n) is 9.72. The first-order chi connectivity index (χ1) is 26.5. The van der Waals surface area contributed by atoms with Crippen LogP contribution in [0.2, 0.25) is 0 Å². The van der Waals surface area contributed by atoms with Crippen molar-refractivity contribution in [3.05, 3.63) is 132 Å². The van der Waals surface area contributed by atoms with Crippen molar-refractivity contribution < 1.29 is 28.8 Å². The molecule has 0 saturated carbocycles. The molecule has 2 heterocycles. The monoisotopic (exact) mass is 729 g/mol. The normalized spacial score (nSPS) is 16.7. The molecule has 0 amide bonds. The Bertz CT molecular complexity index is 2700. The van der Waals surface area contributed by atoms with E-state index in [1.165, 1.54) is 10.9 Å². The second-order valence-electron chi connectivity index (χ2n) is 15.7. The van der Waals surface area contributed by atoms with E-state index in [0.717, 1.165) is 71.6 Å². The number of ketones is 1. The molecule has 6 aromatic carbocycles. The van der Waals surface area contributed by atoms with E-state index in [0.29, 0.717) is 13.0 Å². The maximum Gasteiger partial charge on any atom is 0.309 e. The van der Waals surface area contributed by atoms with E-state index in [4.69, 9.17) is 4.74 Å². The Labute approximate surface area is 320 Å². The van der Waals surface area contributed by atoms with E-state index in [1.807, 2.05) is 25.1 Å². The molecule has 0 saturated heterocycles. The van der Waals surface area contributed by atoms with Crippen LogP contribution in [0.5, 0.6) is 0 Å². The van der Waals surface area contributed by atoms with Crippen LogP contribution in [0.1, 0.15) is 58.6 Å². The predicted octanol–water partition coefficient (Wildman–Crippen LogP) is 9.91. The molecule has 2 aliphatic heterocycles. The molecule has 0 aromatic heterocycles. The number of fused-ring (bicyclic) bond motifs is 12. The molecular weight excluding hydrogens is 685 g/mol. The maximum absolute atomic E-state index is 14.2. The molecule has 1 N–H and O–H groups in total. The van der Waals surface area contributed by atoms with E-state index in [1.54, 1.807) is 6.08 Å². The first kappa shape index (κ1) is 35.9. The summed E-state index contributed by atoms with van der Waals surface area (Å²) in [5.41, 5.74) is 6.17. The number of hydrogen-bond acceptors (Lipinski definition) is 5. The van der Waals surface area contributed by atoms with Crippen LogP contribution in [-0.2, 0) is 30.0 Å². The molecule has 7 heteroatoms. The van der Waals surface area contributed by atoms with Crippen molar-refractivity contribution in [2.75, 3.05) is 24.6 Å². The third kappa shape index (κ3) is 5.72. The van der Waals surface area contributed by atoms with Crippen LogP contribution >= 0.6 is 0 Å². The maximum atomic E-state index is 14.2. The number of nitrogens with zero attached hydrogens (tertiary/aromatic N) is 2. The van der Waals surface area contributed by atoms with Crippen LogP contribution in [-0.4, -0.2) is 53.3 Å². The molecule has 0 aliphatic carbocycles. The van der Waals surface area contributed by atoms with Crippen LogP contribution in [0.25, 0.3) is 43.1 Å². The Balaban J connectivity index is 1.23. The molecule has 0 unspecified atom stereocenters. The largest absolute Gasteiger partial charge is 0.481 e. The van der Waals surface area contributed by atoms with Gasteiger partial charge in [0.1, 0.15) is 13.0 Å². The van der Waals surface area contributed by atoms with Gasteiger partial charge < -0.3 is 14.7 Å². The van der Waals surface area contributed by atoms with Gasteiger partial charge in [0.25, 0.3) is 6.47 Å². The molecule has 0 bridgehead atoms. The molecule has 55 heavy (non-hydrogen) atoms. The van der Waals surface area contributed by atoms with Gasteiger partial charge in [-0.2, -0.15) is 4.58 Å². The minimum atomic E-state index is -0.871. The van der Waals surface area contributed by atoms with Gasteiger partial charge in [0, 0.05) is 34.1 Å². The number of anilines is 1. The molecule has 6 aromatic rings. The van der Waals surface area contributed by atoms with E-state index in [9.17, 15) is 19.5 Å². The quantitative estimate of drug-likeness (QED) is 0.0470. The Morgan fingerprint density at radius 2 is 1.24 bits per heavy atom. The van der Waals surface area contributed by atoms with Gasteiger partial charge in [-0.25, -0.2) is 0 Å². The fraction of sp³-hybridized carbons (Fsp3) is 0.250. The lowest BCUT2D eigenvalue weighted by Crippen LogP contribution is -2.31. The molecule has 0 atom stereocenters. The Morgan fingerprint density at radius 1 is 0.727 bits per heavy atom. The van der Waals surface area contributed by atoms with E-state index in [-0.39, 0.29) is 31.8 Å². The molecule has 8 rings (SSSR count). The Kier molecular flexibility index (Phi) is 8.91. The molecular formula is C48H45N2O5+. The van der Waals surface area contributed by atoms with Crippen LogP contribution < -0.4 is 4.90 Å². The van der Waals surface area contributed by atoms with Gasteiger partial charge in [-0.1, -0.05) is 111 Å².